The molecule has 10 heavy (non-hydrogen) atoms. The highest BCUT2D eigenvalue weighted by Crippen LogP contribution is 2.07. The molecule has 0 rings (SSSR count). The summed E-state index contributed by atoms with van der Waals surface area (Å²) in [6.07, 6.45) is 1.93. The Hall–Kier alpha value is -0.590. The third-order valence-electron chi connectivity index (χ3n) is 1.20. The number of hydrogen-bond donors (Lipinski definition) is 0. The molecule has 1 heteroatoms. The predicted octanol–water partition coefficient (Wildman–Crippen LogP) is 2.88. The van der Waals surface area contributed by atoms with E-state index in [1.54, 1.807) is 0 Å². The smallest absolute Gasteiger partial charge is 0.0353 e. The topological polar surface area (TPSA) is 12.4 Å². The molecule has 0 fully saturated rings. The zero-order valence-electron chi connectivity index (χ0n) is 7.39. The summed E-state index contributed by atoms with van der Waals surface area (Å²) in [6.45, 7) is 12.2. The Labute approximate surface area is 63.9 Å². The molecule has 0 aliphatic heterocycles. The van der Waals surface area contributed by atoms with Crippen molar-refractivity contribution in [3.8, 4) is 0 Å². The molecule has 0 saturated carbocycles. The summed E-state index contributed by atoms with van der Waals surface area (Å²) in [6, 6.07) is 0. The first-order valence-corrected chi connectivity index (χ1v) is 3.77. The molecule has 1 nitrogen and oxygen atoms in total. The van der Waals surface area contributed by atoms with Gasteiger partial charge in [0.05, 0.1) is 0 Å². The molecule has 0 saturated heterocycles. The minimum atomic E-state index is 0.468. The van der Waals surface area contributed by atoms with Crippen LogP contribution < -0.4 is 0 Å². The predicted molar refractivity (Wildman–Crippen MR) is 47.3 cm³/mol. The highest BCUT2D eigenvalue weighted by molar-refractivity contribution is 5.61. The summed E-state index contributed by atoms with van der Waals surface area (Å²) in [7, 11) is 0. The molecule has 0 unspecified atom stereocenters. The standard InChI is InChI=1S/C9H17N/c1-7(2)6-10-9(5)8(3)4/h6-8H,5H2,1-4H3. The molecule has 0 aliphatic rings. The second-order valence-electron chi connectivity index (χ2n) is 3.17. The van der Waals surface area contributed by atoms with E-state index < -0.39 is 0 Å². The van der Waals surface area contributed by atoms with Gasteiger partial charge in [-0.15, -0.1) is 0 Å². The number of nitrogens with zero attached hydrogens (tertiary/aromatic N) is 1. The first-order chi connectivity index (χ1) is 4.54. The van der Waals surface area contributed by atoms with Crippen molar-refractivity contribution >= 4 is 6.21 Å². The van der Waals surface area contributed by atoms with Crippen molar-refractivity contribution in [1.29, 1.82) is 0 Å². The van der Waals surface area contributed by atoms with E-state index in [-0.39, 0.29) is 0 Å². The van der Waals surface area contributed by atoms with Crippen LogP contribution in [0.25, 0.3) is 0 Å². The zero-order chi connectivity index (χ0) is 8.15. The van der Waals surface area contributed by atoms with Gasteiger partial charge >= 0.3 is 0 Å². The first-order valence-electron chi connectivity index (χ1n) is 3.77. The minimum absolute atomic E-state index is 0.468. The summed E-state index contributed by atoms with van der Waals surface area (Å²) in [5.41, 5.74) is 0.966. The third-order valence-corrected chi connectivity index (χ3v) is 1.20. The van der Waals surface area contributed by atoms with Gasteiger partial charge in [0, 0.05) is 11.9 Å². The van der Waals surface area contributed by atoms with E-state index >= 15 is 0 Å². The number of allylic oxidation sites excluding steroid dienone is 1. The Bertz CT molecular complexity index is 132. The van der Waals surface area contributed by atoms with E-state index in [0.29, 0.717) is 11.8 Å². The lowest BCUT2D eigenvalue weighted by atomic mass is 10.1. The summed E-state index contributed by atoms with van der Waals surface area (Å²) in [4.78, 5) is 4.20. The van der Waals surface area contributed by atoms with Crippen LogP contribution >= 0.6 is 0 Å². The van der Waals surface area contributed by atoms with Gasteiger partial charge < -0.3 is 0 Å². The average molecular weight is 139 g/mol. The SMILES string of the molecule is C=C(N=CC(C)C)C(C)C. The molecule has 0 amide bonds. The molecule has 0 aromatic heterocycles. The Morgan fingerprint density at radius 2 is 1.80 bits per heavy atom. The van der Waals surface area contributed by atoms with Gasteiger partial charge in [0.1, 0.15) is 0 Å². The van der Waals surface area contributed by atoms with E-state index in [0.717, 1.165) is 5.70 Å². The Morgan fingerprint density at radius 3 is 2.10 bits per heavy atom. The van der Waals surface area contributed by atoms with Crippen LogP contribution in [0.3, 0.4) is 0 Å². The van der Waals surface area contributed by atoms with Crippen molar-refractivity contribution in [3.05, 3.63) is 12.3 Å². The van der Waals surface area contributed by atoms with Gasteiger partial charge in [0.15, 0.2) is 0 Å². The van der Waals surface area contributed by atoms with Crippen molar-refractivity contribution < 1.29 is 0 Å². The second-order valence-corrected chi connectivity index (χ2v) is 3.17. The monoisotopic (exact) mass is 139 g/mol. The van der Waals surface area contributed by atoms with Crippen molar-refractivity contribution in [2.24, 2.45) is 16.8 Å². The fraction of sp³-hybridized carbons (Fsp3) is 0.667. The molecule has 0 bridgehead atoms. The zero-order valence-corrected chi connectivity index (χ0v) is 7.39. The molecule has 0 N–H and O–H groups in total. The normalized spacial score (nSPS) is 11.8. The van der Waals surface area contributed by atoms with Crippen LogP contribution in [0.15, 0.2) is 17.3 Å². The molecule has 0 aliphatic carbocycles. The molecule has 0 aromatic carbocycles. The van der Waals surface area contributed by atoms with E-state index in [4.69, 9.17) is 0 Å². The number of rotatable bonds is 3. The highest BCUT2D eigenvalue weighted by atomic mass is 14.7. The lowest BCUT2D eigenvalue weighted by Gasteiger charge is -2.02. The van der Waals surface area contributed by atoms with Gasteiger partial charge in [0.25, 0.3) is 0 Å². The fourth-order valence-electron chi connectivity index (χ4n) is 0.394. The maximum Gasteiger partial charge on any atom is 0.0353 e. The van der Waals surface area contributed by atoms with Crippen LogP contribution in [0.5, 0.6) is 0 Å². The van der Waals surface area contributed by atoms with Crippen LogP contribution in [0.1, 0.15) is 27.7 Å². The van der Waals surface area contributed by atoms with E-state index in [1.165, 1.54) is 0 Å². The Morgan fingerprint density at radius 1 is 1.30 bits per heavy atom. The molecule has 0 aromatic rings. The highest BCUT2D eigenvalue weighted by Gasteiger charge is 1.95. The van der Waals surface area contributed by atoms with Gasteiger partial charge in [-0.25, -0.2) is 0 Å². The molecule has 0 radical (unpaired) electrons. The van der Waals surface area contributed by atoms with Crippen molar-refractivity contribution in [3.63, 3.8) is 0 Å². The number of hydrogen-bond acceptors (Lipinski definition) is 1. The quantitative estimate of drug-likeness (QED) is 0.533. The van der Waals surface area contributed by atoms with Crippen LogP contribution in [-0.4, -0.2) is 6.21 Å². The van der Waals surface area contributed by atoms with Crippen LogP contribution in [-0.2, 0) is 0 Å². The molecule has 0 atom stereocenters. The van der Waals surface area contributed by atoms with Crippen LogP contribution in [0.2, 0.25) is 0 Å². The largest absolute Gasteiger partial charge is 0.266 e. The Balaban J connectivity index is 3.79. The molecule has 0 spiro atoms. The molecular weight excluding hydrogens is 122 g/mol. The Kier molecular flexibility index (Phi) is 4.01. The molecule has 58 valence electrons. The summed E-state index contributed by atoms with van der Waals surface area (Å²) in [5.74, 6) is 0.991. The molecular formula is C9H17N. The van der Waals surface area contributed by atoms with E-state index in [2.05, 4.69) is 39.3 Å². The summed E-state index contributed by atoms with van der Waals surface area (Å²) >= 11 is 0. The van der Waals surface area contributed by atoms with Crippen LogP contribution in [0, 0.1) is 11.8 Å². The lowest BCUT2D eigenvalue weighted by Crippen LogP contribution is -1.92. The van der Waals surface area contributed by atoms with E-state index in [1.807, 2.05) is 6.21 Å². The van der Waals surface area contributed by atoms with Gasteiger partial charge in [-0.1, -0.05) is 34.3 Å². The first kappa shape index (κ1) is 9.41. The fourth-order valence-corrected chi connectivity index (χ4v) is 0.394. The third kappa shape index (κ3) is 4.30. The van der Waals surface area contributed by atoms with Crippen molar-refractivity contribution in [2.45, 2.75) is 27.7 Å². The van der Waals surface area contributed by atoms with Crippen molar-refractivity contribution in [1.82, 2.24) is 0 Å². The van der Waals surface area contributed by atoms with E-state index in [9.17, 15) is 0 Å². The second kappa shape index (κ2) is 4.26. The molecule has 0 heterocycles. The van der Waals surface area contributed by atoms with Gasteiger partial charge in [-0.2, -0.15) is 0 Å². The maximum atomic E-state index is 4.20. The van der Waals surface area contributed by atoms with Crippen molar-refractivity contribution in [2.75, 3.05) is 0 Å². The number of aliphatic imine (C=N–C) groups is 1. The van der Waals surface area contributed by atoms with Gasteiger partial charge in [-0.3, -0.25) is 4.99 Å². The average Bonchev–Trinajstić information content (AvgIpc) is 1.82. The van der Waals surface area contributed by atoms with Gasteiger partial charge in [0.2, 0.25) is 0 Å². The van der Waals surface area contributed by atoms with Gasteiger partial charge in [-0.05, 0) is 11.8 Å². The minimum Gasteiger partial charge on any atom is -0.266 e. The summed E-state index contributed by atoms with van der Waals surface area (Å²) in [5, 5.41) is 0. The lowest BCUT2D eigenvalue weighted by molar-refractivity contribution is 0.759. The summed E-state index contributed by atoms with van der Waals surface area (Å²) < 4.78 is 0. The maximum absolute atomic E-state index is 4.20. The van der Waals surface area contributed by atoms with Crippen LogP contribution in [0.4, 0.5) is 0 Å².